The van der Waals surface area contributed by atoms with E-state index < -0.39 is 5.97 Å². The van der Waals surface area contributed by atoms with Gasteiger partial charge in [0, 0.05) is 18.6 Å². The zero-order valence-electron chi connectivity index (χ0n) is 10.7. The van der Waals surface area contributed by atoms with E-state index in [4.69, 9.17) is 9.84 Å². The zero-order valence-corrected chi connectivity index (χ0v) is 10.7. The first kappa shape index (κ1) is 12.8. The lowest BCUT2D eigenvalue weighted by molar-refractivity contribution is -0.143. The maximum Gasteiger partial charge on any atom is 0.305 e. The second kappa shape index (κ2) is 5.36. The van der Waals surface area contributed by atoms with E-state index in [1.165, 1.54) is 0 Å². The van der Waals surface area contributed by atoms with Gasteiger partial charge in [-0.15, -0.1) is 0 Å². The van der Waals surface area contributed by atoms with E-state index in [-0.39, 0.29) is 5.54 Å². The Morgan fingerprint density at radius 1 is 1.35 bits per heavy atom. The van der Waals surface area contributed by atoms with E-state index in [9.17, 15) is 4.79 Å². The summed E-state index contributed by atoms with van der Waals surface area (Å²) in [6.45, 7) is 5.54. The summed E-state index contributed by atoms with van der Waals surface area (Å²) in [6, 6.07) is 0. The average molecular weight is 241 g/mol. The summed E-state index contributed by atoms with van der Waals surface area (Å²) in [5, 5.41) is 9.17. The molecule has 0 atom stereocenters. The van der Waals surface area contributed by atoms with Crippen LogP contribution in [0.1, 0.15) is 39.0 Å². The molecule has 0 aromatic rings. The van der Waals surface area contributed by atoms with Gasteiger partial charge in [-0.3, -0.25) is 9.69 Å². The predicted molar refractivity (Wildman–Crippen MR) is 65.0 cm³/mol. The van der Waals surface area contributed by atoms with Crippen LogP contribution in [0, 0.1) is 5.92 Å². The first-order chi connectivity index (χ1) is 8.12. The van der Waals surface area contributed by atoms with Gasteiger partial charge in [0.15, 0.2) is 0 Å². The molecule has 0 amide bonds. The number of carboxylic acids is 1. The minimum Gasteiger partial charge on any atom is -0.481 e. The molecule has 1 aliphatic heterocycles. The van der Waals surface area contributed by atoms with Crippen molar-refractivity contribution in [2.75, 3.05) is 26.3 Å². The van der Waals surface area contributed by atoms with Crippen molar-refractivity contribution in [2.45, 2.75) is 44.6 Å². The maximum absolute atomic E-state index is 11.1. The Bertz CT molecular complexity index is 266. The highest BCUT2D eigenvalue weighted by Crippen LogP contribution is 2.39. The number of morpholine rings is 1. The van der Waals surface area contributed by atoms with Crippen molar-refractivity contribution in [2.24, 2.45) is 5.92 Å². The highest BCUT2D eigenvalue weighted by Gasteiger charge is 2.41. The number of rotatable bonds is 3. The lowest BCUT2D eigenvalue weighted by Gasteiger charge is -2.48. The highest BCUT2D eigenvalue weighted by molar-refractivity contribution is 5.68. The van der Waals surface area contributed by atoms with Crippen LogP contribution in [0.3, 0.4) is 0 Å². The van der Waals surface area contributed by atoms with Gasteiger partial charge in [0.25, 0.3) is 0 Å². The molecule has 17 heavy (non-hydrogen) atoms. The molecule has 1 N–H and O–H groups in total. The van der Waals surface area contributed by atoms with Crippen LogP contribution in [0.4, 0.5) is 0 Å². The monoisotopic (exact) mass is 241 g/mol. The summed E-state index contributed by atoms with van der Waals surface area (Å²) in [5.74, 6) is 0.0870. The Morgan fingerprint density at radius 2 is 1.94 bits per heavy atom. The van der Waals surface area contributed by atoms with Crippen molar-refractivity contribution in [3.8, 4) is 0 Å². The lowest BCUT2D eigenvalue weighted by atomic mass is 9.74. The Balaban J connectivity index is 2.08. The number of nitrogens with zero attached hydrogens (tertiary/aromatic N) is 1. The van der Waals surface area contributed by atoms with Gasteiger partial charge in [-0.25, -0.2) is 0 Å². The fourth-order valence-electron chi connectivity index (χ4n) is 3.22. The van der Waals surface area contributed by atoms with Gasteiger partial charge in [0.2, 0.25) is 0 Å². The molecule has 2 aliphatic rings. The Morgan fingerprint density at radius 3 is 2.47 bits per heavy atom. The van der Waals surface area contributed by atoms with Gasteiger partial charge < -0.3 is 9.84 Å². The third-order valence-electron chi connectivity index (χ3n) is 4.37. The molecular formula is C13H23NO3. The number of hydrogen-bond acceptors (Lipinski definition) is 3. The molecule has 1 heterocycles. The van der Waals surface area contributed by atoms with E-state index in [1.807, 2.05) is 0 Å². The Hall–Kier alpha value is -0.610. The molecule has 0 radical (unpaired) electrons. The molecule has 0 aromatic heterocycles. The van der Waals surface area contributed by atoms with Crippen molar-refractivity contribution in [1.29, 1.82) is 0 Å². The van der Waals surface area contributed by atoms with E-state index in [0.717, 1.165) is 57.9 Å². The van der Waals surface area contributed by atoms with Crippen molar-refractivity contribution < 1.29 is 14.6 Å². The van der Waals surface area contributed by atoms with Gasteiger partial charge in [0.05, 0.1) is 19.6 Å². The molecule has 98 valence electrons. The van der Waals surface area contributed by atoms with Crippen LogP contribution < -0.4 is 0 Å². The van der Waals surface area contributed by atoms with Gasteiger partial charge in [-0.1, -0.05) is 6.92 Å². The first-order valence-corrected chi connectivity index (χ1v) is 6.67. The summed E-state index contributed by atoms with van der Waals surface area (Å²) >= 11 is 0. The predicted octanol–water partition coefficient (Wildman–Crippen LogP) is 1.74. The molecule has 1 aliphatic carbocycles. The lowest BCUT2D eigenvalue weighted by Crippen LogP contribution is -2.56. The molecule has 1 saturated heterocycles. The van der Waals surface area contributed by atoms with Crippen molar-refractivity contribution in [3.05, 3.63) is 0 Å². The topological polar surface area (TPSA) is 49.8 Å². The summed E-state index contributed by atoms with van der Waals surface area (Å²) in [4.78, 5) is 13.5. The van der Waals surface area contributed by atoms with Crippen LogP contribution in [-0.4, -0.2) is 47.8 Å². The molecule has 1 saturated carbocycles. The van der Waals surface area contributed by atoms with Gasteiger partial charge >= 0.3 is 5.97 Å². The third kappa shape index (κ3) is 2.99. The minimum atomic E-state index is -0.661. The van der Waals surface area contributed by atoms with Crippen molar-refractivity contribution >= 4 is 5.97 Å². The van der Waals surface area contributed by atoms with Gasteiger partial charge in [-0.2, -0.15) is 0 Å². The van der Waals surface area contributed by atoms with Gasteiger partial charge in [-0.05, 0) is 31.6 Å². The van der Waals surface area contributed by atoms with Crippen LogP contribution in [0.15, 0.2) is 0 Å². The molecule has 2 rings (SSSR count). The summed E-state index contributed by atoms with van der Waals surface area (Å²) in [7, 11) is 0. The molecule has 0 spiro atoms. The second-order valence-electron chi connectivity index (χ2n) is 5.58. The Labute approximate surface area is 103 Å². The van der Waals surface area contributed by atoms with Crippen LogP contribution in [0.5, 0.6) is 0 Å². The normalized spacial score (nSPS) is 35.7. The number of carboxylic acid groups (broad SMARTS) is 1. The van der Waals surface area contributed by atoms with E-state index in [2.05, 4.69) is 11.8 Å². The zero-order chi connectivity index (χ0) is 12.3. The van der Waals surface area contributed by atoms with E-state index in [0.29, 0.717) is 6.42 Å². The quantitative estimate of drug-likeness (QED) is 0.817. The summed E-state index contributed by atoms with van der Waals surface area (Å²) < 4.78 is 5.37. The number of carbonyl (C=O) groups is 1. The SMILES string of the molecule is CC1CCC(CC(=O)O)(N2CCOCC2)CC1. The summed E-state index contributed by atoms with van der Waals surface area (Å²) in [5.41, 5.74) is -0.0951. The van der Waals surface area contributed by atoms with E-state index in [1.54, 1.807) is 0 Å². The number of ether oxygens (including phenoxy) is 1. The first-order valence-electron chi connectivity index (χ1n) is 6.67. The van der Waals surface area contributed by atoms with Gasteiger partial charge in [0.1, 0.15) is 0 Å². The molecule has 0 bridgehead atoms. The third-order valence-corrected chi connectivity index (χ3v) is 4.37. The smallest absolute Gasteiger partial charge is 0.305 e. The van der Waals surface area contributed by atoms with Crippen LogP contribution in [-0.2, 0) is 9.53 Å². The highest BCUT2D eigenvalue weighted by atomic mass is 16.5. The summed E-state index contributed by atoms with van der Waals surface area (Å²) in [6.07, 6.45) is 4.66. The molecule has 4 nitrogen and oxygen atoms in total. The molecular weight excluding hydrogens is 218 g/mol. The van der Waals surface area contributed by atoms with Crippen LogP contribution in [0.25, 0.3) is 0 Å². The molecule has 2 fully saturated rings. The fraction of sp³-hybridized carbons (Fsp3) is 0.923. The second-order valence-corrected chi connectivity index (χ2v) is 5.58. The largest absolute Gasteiger partial charge is 0.481 e. The number of hydrogen-bond donors (Lipinski definition) is 1. The van der Waals surface area contributed by atoms with Crippen molar-refractivity contribution in [1.82, 2.24) is 4.90 Å². The maximum atomic E-state index is 11.1. The van der Waals surface area contributed by atoms with Crippen molar-refractivity contribution in [3.63, 3.8) is 0 Å². The standard InChI is InChI=1S/C13H23NO3/c1-11-2-4-13(5-3-11,10-12(15)16)14-6-8-17-9-7-14/h11H,2-10H2,1H3,(H,15,16). The number of aliphatic carboxylic acids is 1. The fourth-order valence-corrected chi connectivity index (χ4v) is 3.22. The molecule has 0 aromatic carbocycles. The van der Waals surface area contributed by atoms with E-state index >= 15 is 0 Å². The van der Waals surface area contributed by atoms with Crippen LogP contribution in [0.2, 0.25) is 0 Å². The minimum absolute atomic E-state index is 0.0951. The molecule has 4 heteroatoms. The Kier molecular flexibility index (Phi) is 4.05. The van der Waals surface area contributed by atoms with Crippen LogP contribution >= 0.6 is 0 Å². The molecule has 0 unspecified atom stereocenters. The average Bonchev–Trinajstić information content (AvgIpc) is 2.33.